The molecule has 0 radical (unpaired) electrons. The second kappa shape index (κ2) is 66.3. The molecule has 0 fully saturated rings. The van der Waals surface area contributed by atoms with Crippen LogP contribution in [-0.2, 0) is 6.18 Å². The average molecular weight is 1960 g/mol. The number of alkyl halides is 3. The molecule has 0 N–H and O–H groups in total. The summed E-state index contributed by atoms with van der Waals surface area (Å²) in [5, 5.41) is 7.63. The standard InChI is InChI=1S/C9H12.C8H7F3.C8H10O.C8H10.3C7H6Cl2.C7H6ClF.4C7H7Cl.2C7H7F.C7H8/c1-7-4-5-8(2)9(3)6-7;1-6-3-2-4-7(5-6)8(9,10)11;1-7-4-3-5-8(6-7)9-2;1-7-5-3-4-6-8(7)2;1-5-2-6(8)4-7(9)3-5;1-5-2-3-6(8)7(9)4-5;1-5-3-2-4-6(8)7(5)9;1-5-2-3-6(8)4-7(5)9;1-6-2-4-7(8)5-3-6;1-6-3-2-4-7(8)5-6;2*1-6-4-2-3-5-7(6)8;1-6-2-4-7(8)5-3-6;1-6-3-2-4-7(8)5-6;1-7-5-3-2-4-6-7/h4-6H,1-3H3;2-5H,1H3;3-6H,1-2H3;3-6H,1-2H3;4*2-4H,1H3;6*2-5H,1H3;2-6H,1H3. The van der Waals surface area contributed by atoms with E-state index in [9.17, 15) is 26.3 Å². The molecule has 0 aliphatic rings. The number of hydrogen-bond acceptors (Lipinski definition) is 1. The highest BCUT2D eigenvalue weighted by Crippen LogP contribution is 2.30. The second-order valence-corrected chi connectivity index (χ2v) is 33.6. The summed E-state index contributed by atoms with van der Waals surface area (Å²) in [6.45, 7) is 35.8. The summed E-state index contributed by atoms with van der Waals surface area (Å²) in [7, 11) is 1.68. The third-order valence-electron chi connectivity index (χ3n) is 17.1. The number of aryl methyl sites for hydroxylation is 18. The molecule has 0 bridgehead atoms. The van der Waals surface area contributed by atoms with Crippen LogP contribution in [0.15, 0.2) is 340 Å². The van der Waals surface area contributed by atoms with Gasteiger partial charge in [-0.25, -0.2) is 13.2 Å². The lowest BCUT2D eigenvalue weighted by atomic mass is 10.1. The maximum atomic E-state index is 12.5. The Labute approximate surface area is 813 Å². The summed E-state index contributed by atoms with van der Waals surface area (Å²) in [6, 6.07) is 103. The number of rotatable bonds is 1. The first-order chi connectivity index (χ1) is 60.3. The van der Waals surface area contributed by atoms with Gasteiger partial charge in [-0.3, -0.25) is 0 Å². The third kappa shape index (κ3) is 57.7. The zero-order valence-electron chi connectivity index (χ0n) is 75.7. The van der Waals surface area contributed by atoms with Gasteiger partial charge in [0.15, 0.2) is 0 Å². The van der Waals surface area contributed by atoms with E-state index in [1.165, 1.54) is 86.5 Å². The Hall–Kier alpha value is -9.13. The quantitative estimate of drug-likeness (QED) is 0.149. The van der Waals surface area contributed by atoms with Crippen molar-refractivity contribution in [3.05, 3.63) is 518 Å². The molecule has 678 valence electrons. The smallest absolute Gasteiger partial charge is 0.416 e. The molecule has 128 heavy (non-hydrogen) atoms. The SMILES string of the molecule is COc1cccc(C)c1.Cc1cc(Cl)cc(Cl)c1.Cc1ccc(C)c(C)c1.Cc1ccc(Cl)c(Cl)c1.Cc1ccc(Cl)cc1.Cc1ccc(Cl)cc1F.Cc1ccc(F)cc1.Cc1cccc(C(F)(F)F)c1.Cc1cccc(Cl)c1.Cc1cccc(Cl)c1Cl.Cc1cccc(F)c1.Cc1ccccc1.Cc1ccccc1C.Cc1ccccc1Cl.Cc1ccccc1Cl. The molecular weight excluding hydrogens is 1840 g/mol. The topological polar surface area (TPSA) is 9.23 Å². The van der Waals surface area contributed by atoms with E-state index < -0.39 is 11.7 Å². The van der Waals surface area contributed by atoms with Crippen LogP contribution in [-0.4, -0.2) is 7.11 Å². The molecular formula is C110H113Cl11F6O. The maximum Gasteiger partial charge on any atom is 0.416 e. The van der Waals surface area contributed by atoms with Crippen LogP contribution in [0.1, 0.15) is 106 Å². The number of hydrogen-bond donors (Lipinski definition) is 0. The summed E-state index contributed by atoms with van der Waals surface area (Å²) >= 11 is 62.2. The fourth-order valence-corrected chi connectivity index (χ4v) is 11.6. The van der Waals surface area contributed by atoms with E-state index in [1.54, 1.807) is 75.6 Å². The van der Waals surface area contributed by atoms with Crippen molar-refractivity contribution in [1.82, 2.24) is 0 Å². The predicted molar refractivity (Wildman–Crippen MR) is 548 cm³/mol. The average Bonchev–Trinajstić information content (AvgIpc) is 0.858. The molecule has 15 aromatic rings. The number of benzene rings is 15. The molecule has 0 heterocycles. The van der Waals surface area contributed by atoms with Crippen molar-refractivity contribution in [2.24, 2.45) is 0 Å². The molecule has 0 saturated carbocycles. The summed E-state index contributed by atoms with van der Waals surface area (Å²) in [4.78, 5) is 0. The van der Waals surface area contributed by atoms with Crippen LogP contribution < -0.4 is 4.74 Å². The summed E-state index contributed by atoms with van der Waals surface area (Å²) in [6.07, 6.45) is -4.22. The Morgan fingerprint density at radius 2 is 0.562 bits per heavy atom. The number of ether oxygens (including phenoxy) is 1. The molecule has 0 saturated heterocycles. The molecule has 0 unspecified atom stereocenters. The normalized spacial score (nSPS) is 9.56. The van der Waals surface area contributed by atoms with Crippen LogP contribution in [0.25, 0.3) is 0 Å². The van der Waals surface area contributed by atoms with E-state index in [-0.39, 0.29) is 17.5 Å². The minimum atomic E-state index is -4.22. The molecule has 1 nitrogen and oxygen atoms in total. The number of halogens is 17. The lowest BCUT2D eigenvalue weighted by Crippen LogP contribution is -2.04. The molecule has 0 aromatic heterocycles. The highest BCUT2D eigenvalue weighted by atomic mass is 35.5. The van der Waals surface area contributed by atoms with Gasteiger partial charge in [0.25, 0.3) is 0 Å². The van der Waals surface area contributed by atoms with Crippen molar-refractivity contribution in [2.45, 2.75) is 131 Å². The molecule has 0 amide bonds. The molecule has 15 aromatic carbocycles. The van der Waals surface area contributed by atoms with Crippen LogP contribution in [0.2, 0.25) is 55.2 Å². The van der Waals surface area contributed by atoms with Crippen molar-refractivity contribution in [3.8, 4) is 5.75 Å². The Morgan fingerprint density at radius 1 is 0.203 bits per heavy atom. The van der Waals surface area contributed by atoms with E-state index in [0.29, 0.717) is 46.3 Å². The van der Waals surface area contributed by atoms with Crippen molar-refractivity contribution in [3.63, 3.8) is 0 Å². The van der Waals surface area contributed by atoms with Gasteiger partial charge in [0.2, 0.25) is 0 Å². The van der Waals surface area contributed by atoms with E-state index in [2.05, 4.69) is 96.1 Å². The van der Waals surface area contributed by atoms with Gasteiger partial charge in [0.05, 0.1) is 32.8 Å². The zero-order chi connectivity index (χ0) is 96.4. The fraction of sp³-hybridized carbons (Fsp3) is 0.182. The molecule has 0 spiro atoms. The minimum Gasteiger partial charge on any atom is -0.497 e. The lowest BCUT2D eigenvalue weighted by molar-refractivity contribution is -0.137. The first-order valence-electron chi connectivity index (χ1n) is 40.1. The number of methoxy groups -OCH3 is 1. The van der Waals surface area contributed by atoms with Crippen molar-refractivity contribution >= 4 is 128 Å². The first-order valence-corrected chi connectivity index (χ1v) is 44.2. The molecule has 15 rings (SSSR count). The van der Waals surface area contributed by atoms with Crippen LogP contribution >= 0.6 is 128 Å². The summed E-state index contributed by atoms with van der Waals surface area (Å²) < 4.78 is 77.6. The second-order valence-electron chi connectivity index (χ2n) is 29.0. The van der Waals surface area contributed by atoms with Crippen LogP contribution in [0, 0.1) is 142 Å². The van der Waals surface area contributed by atoms with Gasteiger partial charge in [-0.2, -0.15) is 13.2 Å². The largest absolute Gasteiger partial charge is 0.497 e. The van der Waals surface area contributed by atoms with Crippen molar-refractivity contribution < 1.29 is 31.1 Å². The van der Waals surface area contributed by atoms with E-state index >= 15 is 0 Å². The third-order valence-corrected chi connectivity index (χ3v) is 20.8. The van der Waals surface area contributed by atoms with Crippen molar-refractivity contribution in [2.75, 3.05) is 7.11 Å². The first kappa shape index (κ1) is 117. The van der Waals surface area contributed by atoms with Crippen LogP contribution in [0.4, 0.5) is 26.3 Å². The highest BCUT2D eigenvalue weighted by molar-refractivity contribution is 6.43. The monoisotopic (exact) mass is 1950 g/mol. The molecule has 0 aliphatic heterocycles. The Balaban J connectivity index is 0.000000686. The Kier molecular flexibility index (Phi) is 60.5. The van der Waals surface area contributed by atoms with Gasteiger partial charge in [0.1, 0.15) is 23.2 Å². The van der Waals surface area contributed by atoms with Gasteiger partial charge in [-0.05, 0) is 324 Å². The summed E-state index contributed by atoms with van der Waals surface area (Å²) in [5.74, 6) is 0.345. The summed E-state index contributed by atoms with van der Waals surface area (Å²) in [5.41, 5.74) is 20.1. The molecule has 18 heteroatoms. The molecule has 0 aliphatic carbocycles. The van der Waals surface area contributed by atoms with E-state index in [4.69, 9.17) is 132 Å². The van der Waals surface area contributed by atoms with Gasteiger partial charge in [0, 0.05) is 35.2 Å². The van der Waals surface area contributed by atoms with Gasteiger partial charge < -0.3 is 4.74 Å². The highest BCUT2D eigenvalue weighted by Gasteiger charge is 2.30. The van der Waals surface area contributed by atoms with Crippen molar-refractivity contribution in [1.29, 1.82) is 0 Å². The van der Waals surface area contributed by atoms with E-state index in [1.807, 2.05) is 251 Å². The lowest BCUT2D eigenvalue weighted by Gasteiger charge is -2.05. The minimum absolute atomic E-state index is 0.162. The van der Waals surface area contributed by atoms with Gasteiger partial charge in [-0.15, -0.1) is 0 Å². The Bertz CT molecular complexity index is 5090. The zero-order valence-corrected chi connectivity index (χ0v) is 84.0. The van der Waals surface area contributed by atoms with Crippen LogP contribution in [0.3, 0.4) is 0 Å². The fourth-order valence-electron chi connectivity index (χ4n) is 9.50. The molecule has 0 atom stereocenters. The predicted octanol–water partition coefficient (Wildman–Crippen LogP) is 39.5. The Morgan fingerprint density at radius 3 is 0.883 bits per heavy atom. The van der Waals surface area contributed by atoms with E-state index in [0.717, 1.165) is 76.9 Å². The van der Waals surface area contributed by atoms with Crippen LogP contribution in [0.5, 0.6) is 5.75 Å². The van der Waals surface area contributed by atoms with Gasteiger partial charge >= 0.3 is 6.18 Å². The van der Waals surface area contributed by atoms with Gasteiger partial charge in [-0.1, -0.05) is 368 Å². The maximum absolute atomic E-state index is 12.5.